The van der Waals surface area contributed by atoms with Crippen molar-refractivity contribution in [3.05, 3.63) is 51.7 Å². The first-order valence-corrected chi connectivity index (χ1v) is 7.88. The maximum atomic E-state index is 6.17. The molecule has 1 aromatic heterocycles. The highest BCUT2D eigenvalue weighted by molar-refractivity contribution is 9.10. The maximum absolute atomic E-state index is 6.17. The molecule has 0 saturated carbocycles. The van der Waals surface area contributed by atoms with Gasteiger partial charge in [-0.1, -0.05) is 25.4 Å². The third-order valence-electron chi connectivity index (χ3n) is 3.37. The molecule has 0 aliphatic rings. The zero-order valence-corrected chi connectivity index (χ0v) is 14.1. The first-order valence-electron chi connectivity index (χ1n) is 6.70. The van der Waals surface area contributed by atoms with Crippen molar-refractivity contribution >= 4 is 44.3 Å². The number of halogens is 2. The van der Waals surface area contributed by atoms with E-state index in [0.717, 1.165) is 27.0 Å². The zero-order chi connectivity index (χ0) is 15.1. The van der Waals surface area contributed by atoms with Crippen LogP contribution >= 0.6 is 27.5 Å². The lowest BCUT2D eigenvalue weighted by atomic mass is 10.2. The Morgan fingerprint density at radius 2 is 1.95 bits per heavy atom. The van der Waals surface area contributed by atoms with Crippen LogP contribution in [0, 0.1) is 0 Å². The number of hydrogen-bond donors (Lipinski definition) is 1. The molecule has 108 valence electrons. The van der Waals surface area contributed by atoms with Gasteiger partial charge in [0.1, 0.15) is 5.82 Å². The Bertz CT molecular complexity index is 824. The number of nitrogen functional groups attached to an aromatic ring is 1. The number of anilines is 1. The van der Waals surface area contributed by atoms with Crippen LogP contribution in [0.1, 0.15) is 25.6 Å². The Morgan fingerprint density at radius 1 is 1.19 bits per heavy atom. The number of nitrogens with two attached hydrogens (primary N) is 1. The summed E-state index contributed by atoms with van der Waals surface area (Å²) in [6, 6.07) is 11.5. The van der Waals surface area contributed by atoms with Crippen molar-refractivity contribution in [3.8, 4) is 5.69 Å². The summed E-state index contributed by atoms with van der Waals surface area (Å²) in [5.41, 5.74) is 9.49. The fraction of sp³-hybridized carbons (Fsp3) is 0.188. The van der Waals surface area contributed by atoms with Crippen LogP contribution in [-0.4, -0.2) is 9.55 Å². The van der Waals surface area contributed by atoms with Crippen LogP contribution in [0.3, 0.4) is 0 Å². The minimum Gasteiger partial charge on any atom is -0.399 e. The summed E-state index contributed by atoms with van der Waals surface area (Å²) in [6.07, 6.45) is 0. The summed E-state index contributed by atoms with van der Waals surface area (Å²) in [5, 5.41) is 0.695. The van der Waals surface area contributed by atoms with E-state index in [0.29, 0.717) is 10.7 Å². The molecule has 0 spiro atoms. The highest BCUT2D eigenvalue weighted by Gasteiger charge is 2.17. The number of aromatic nitrogens is 2. The van der Waals surface area contributed by atoms with Gasteiger partial charge in [0.15, 0.2) is 0 Å². The van der Waals surface area contributed by atoms with Gasteiger partial charge in [-0.2, -0.15) is 0 Å². The van der Waals surface area contributed by atoms with Crippen LogP contribution in [0.2, 0.25) is 5.02 Å². The van der Waals surface area contributed by atoms with Crippen molar-refractivity contribution < 1.29 is 0 Å². The zero-order valence-electron chi connectivity index (χ0n) is 11.8. The third-order valence-corrected chi connectivity index (χ3v) is 4.28. The van der Waals surface area contributed by atoms with Crippen molar-refractivity contribution in [2.75, 3.05) is 5.73 Å². The van der Waals surface area contributed by atoms with E-state index in [1.807, 2.05) is 36.4 Å². The van der Waals surface area contributed by atoms with Crippen LogP contribution in [0.25, 0.3) is 16.7 Å². The van der Waals surface area contributed by atoms with Gasteiger partial charge in [-0.3, -0.25) is 4.57 Å². The quantitative estimate of drug-likeness (QED) is 0.639. The van der Waals surface area contributed by atoms with E-state index in [1.165, 1.54) is 0 Å². The fourth-order valence-corrected chi connectivity index (χ4v) is 3.00. The van der Waals surface area contributed by atoms with Crippen LogP contribution in [0.4, 0.5) is 5.69 Å². The number of hydrogen-bond acceptors (Lipinski definition) is 2. The fourth-order valence-electron chi connectivity index (χ4n) is 2.41. The molecule has 0 unspecified atom stereocenters. The monoisotopic (exact) mass is 363 g/mol. The summed E-state index contributed by atoms with van der Waals surface area (Å²) < 4.78 is 3.11. The largest absolute Gasteiger partial charge is 0.399 e. The highest BCUT2D eigenvalue weighted by Crippen LogP contribution is 2.32. The Hall–Kier alpha value is -1.52. The van der Waals surface area contributed by atoms with E-state index < -0.39 is 0 Å². The minimum atomic E-state index is 0.282. The molecule has 0 radical (unpaired) electrons. The summed E-state index contributed by atoms with van der Waals surface area (Å²) in [5.74, 6) is 1.27. The van der Waals surface area contributed by atoms with E-state index in [2.05, 4.69) is 34.3 Å². The average molecular weight is 365 g/mol. The first-order chi connectivity index (χ1) is 9.97. The molecule has 5 heteroatoms. The Morgan fingerprint density at radius 3 is 2.67 bits per heavy atom. The highest BCUT2D eigenvalue weighted by atomic mass is 79.9. The van der Waals surface area contributed by atoms with Gasteiger partial charge in [-0.05, 0) is 52.3 Å². The van der Waals surface area contributed by atoms with Gasteiger partial charge in [0.25, 0.3) is 0 Å². The second kappa shape index (κ2) is 5.35. The molecule has 3 aromatic rings. The molecule has 3 nitrogen and oxygen atoms in total. The van der Waals surface area contributed by atoms with Crippen LogP contribution in [0.15, 0.2) is 40.9 Å². The molecule has 0 saturated heterocycles. The molecule has 0 bridgehead atoms. The second-order valence-electron chi connectivity index (χ2n) is 5.30. The van der Waals surface area contributed by atoms with Gasteiger partial charge in [0, 0.05) is 21.1 Å². The molecule has 0 amide bonds. The third kappa shape index (κ3) is 2.54. The summed E-state index contributed by atoms with van der Waals surface area (Å²) in [7, 11) is 0. The van der Waals surface area contributed by atoms with Crippen molar-refractivity contribution in [2.24, 2.45) is 0 Å². The van der Waals surface area contributed by atoms with E-state index in [-0.39, 0.29) is 5.92 Å². The summed E-state index contributed by atoms with van der Waals surface area (Å²) >= 11 is 9.77. The van der Waals surface area contributed by atoms with Crippen molar-refractivity contribution in [1.82, 2.24) is 9.55 Å². The molecule has 3 rings (SSSR count). The predicted molar refractivity (Wildman–Crippen MR) is 92.3 cm³/mol. The molecule has 0 aliphatic carbocycles. The molecular formula is C16H15BrClN3. The van der Waals surface area contributed by atoms with E-state index in [1.54, 1.807) is 0 Å². The van der Waals surface area contributed by atoms with Gasteiger partial charge in [0.05, 0.1) is 16.7 Å². The van der Waals surface area contributed by atoms with Gasteiger partial charge in [-0.15, -0.1) is 0 Å². The van der Waals surface area contributed by atoms with E-state index >= 15 is 0 Å². The van der Waals surface area contributed by atoms with Crippen molar-refractivity contribution in [1.29, 1.82) is 0 Å². The predicted octanol–water partition coefficient (Wildman–Crippen LogP) is 5.15. The maximum Gasteiger partial charge on any atom is 0.117 e. The SMILES string of the molecule is CC(C)c1nc2cc(N)ccc2n1-c1cc(Cl)ccc1Br. The van der Waals surface area contributed by atoms with E-state index in [4.69, 9.17) is 22.3 Å². The standard InChI is InChI=1S/C16H15BrClN3/c1-9(2)16-20-13-8-11(19)4-6-14(13)21(16)15-7-10(18)3-5-12(15)17/h3-9H,19H2,1-2H3. The van der Waals surface area contributed by atoms with Crippen LogP contribution in [0.5, 0.6) is 0 Å². The molecule has 2 aromatic carbocycles. The van der Waals surface area contributed by atoms with Gasteiger partial charge < -0.3 is 5.73 Å². The van der Waals surface area contributed by atoms with Crippen molar-refractivity contribution in [3.63, 3.8) is 0 Å². The lowest BCUT2D eigenvalue weighted by Crippen LogP contribution is -2.03. The summed E-state index contributed by atoms with van der Waals surface area (Å²) in [6.45, 7) is 4.25. The number of imidazole rings is 1. The number of rotatable bonds is 2. The average Bonchev–Trinajstić information content (AvgIpc) is 2.80. The smallest absolute Gasteiger partial charge is 0.117 e. The molecule has 0 atom stereocenters. The van der Waals surface area contributed by atoms with Gasteiger partial charge in [-0.25, -0.2) is 4.98 Å². The van der Waals surface area contributed by atoms with Crippen LogP contribution < -0.4 is 5.73 Å². The topological polar surface area (TPSA) is 43.8 Å². The Balaban J connectivity index is 2.39. The van der Waals surface area contributed by atoms with Crippen LogP contribution in [-0.2, 0) is 0 Å². The van der Waals surface area contributed by atoms with Crippen molar-refractivity contribution in [2.45, 2.75) is 19.8 Å². The first kappa shape index (κ1) is 14.4. The number of benzene rings is 2. The molecule has 21 heavy (non-hydrogen) atoms. The Labute approximate surface area is 136 Å². The molecular weight excluding hydrogens is 350 g/mol. The minimum absolute atomic E-state index is 0.282. The normalized spacial score (nSPS) is 11.5. The molecule has 0 aliphatic heterocycles. The van der Waals surface area contributed by atoms with E-state index in [9.17, 15) is 0 Å². The second-order valence-corrected chi connectivity index (χ2v) is 6.59. The molecule has 1 heterocycles. The van der Waals surface area contributed by atoms with Gasteiger partial charge >= 0.3 is 0 Å². The molecule has 2 N–H and O–H groups in total. The Kier molecular flexibility index (Phi) is 3.68. The number of fused-ring (bicyclic) bond motifs is 1. The molecule has 0 fully saturated rings. The lowest BCUT2D eigenvalue weighted by molar-refractivity contribution is 0.759. The van der Waals surface area contributed by atoms with Gasteiger partial charge in [0.2, 0.25) is 0 Å². The lowest BCUT2D eigenvalue weighted by Gasteiger charge is -2.13. The summed E-state index contributed by atoms with van der Waals surface area (Å²) in [4.78, 5) is 4.74. The number of nitrogens with zero attached hydrogens (tertiary/aromatic N) is 2.